The van der Waals surface area contributed by atoms with Gasteiger partial charge >= 0.3 is 6.18 Å². The van der Waals surface area contributed by atoms with E-state index >= 15 is 0 Å². The van der Waals surface area contributed by atoms with E-state index in [0.29, 0.717) is 11.3 Å². The number of alkyl halides is 3. The summed E-state index contributed by atoms with van der Waals surface area (Å²) in [5, 5.41) is 0. The summed E-state index contributed by atoms with van der Waals surface area (Å²) in [5.74, 6) is 0.275. The van der Waals surface area contributed by atoms with Crippen molar-refractivity contribution in [2.45, 2.75) is 18.6 Å². The van der Waals surface area contributed by atoms with Crippen LogP contribution in [0.4, 0.5) is 13.2 Å². The van der Waals surface area contributed by atoms with Gasteiger partial charge in [-0.3, -0.25) is 4.98 Å². The molecule has 2 N–H and O–H groups in total. The summed E-state index contributed by atoms with van der Waals surface area (Å²) >= 11 is 0. The topological polar surface area (TPSA) is 61.0 Å². The Morgan fingerprint density at radius 2 is 1.95 bits per heavy atom. The van der Waals surface area contributed by atoms with Crippen LogP contribution in [0.3, 0.4) is 0 Å². The van der Waals surface area contributed by atoms with E-state index < -0.39 is 17.8 Å². The molecular formula is C14H14F3N3O. The highest BCUT2D eigenvalue weighted by Gasteiger charge is 2.30. The number of rotatable bonds is 4. The molecule has 112 valence electrons. The van der Waals surface area contributed by atoms with Crippen molar-refractivity contribution < 1.29 is 17.9 Å². The van der Waals surface area contributed by atoms with Crippen molar-refractivity contribution >= 4 is 0 Å². The van der Waals surface area contributed by atoms with Crippen molar-refractivity contribution in [3.63, 3.8) is 0 Å². The van der Waals surface area contributed by atoms with Crippen LogP contribution in [0, 0.1) is 0 Å². The Labute approximate surface area is 119 Å². The molecule has 0 fully saturated rings. The molecule has 4 nitrogen and oxygen atoms in total. The second-order valence-electron chi connectivity index (χ2n) is 4.46. The van der Waals surface area contributed by atoms with Crippen molar-refractivity contribution in [2.75, 3.05) is 7.11 Å². The van der Waals surface area contributed by atoms with E-state index in [0.717, 1.165) is 12.1 Å². The maximum Gasteiger partial charge on any atom is 0.416 e. The number of benzene rings is 1. The SMILES string of the molecule is COc1nccnc1C(N)Cc1cccc(C(F)(F)F)c1. The standard InChI is InChI=1S/C14H14F3N3O/c1-21-13-12(19-5-6-20-13)11(18)8-9-3-2-4-10(7-9)14(15,16)17/h2-7,11H,8,18H2,1H3. The molecule has 21 heavy (non-hydrogen) atoms. The Hall–Kier alpha value is -2.15. The minimum absolute atomic E-state index is 0.207. The summed E-state index contributed by atoms with van der Waals surface area (Å²) in [7, 11) is 1.44. The molecule has 2 rings (SSSR count). The van der Waals surface area contributed by atoms with Crippen LogP contribution in [0.25, 0.3) is 0 Å². The van der Waals surface area contributed by atoms with Gasteiger partial charge in [-0.2, -0.15) is 13.2 Å². The van der Waals surface area contributed by atoms with Crippen LogP contribution in [0.2, 0.25) is 0 Å². The summed E-state index contributed by atoms with van der Waals surface area (Å²) in [6.45, 7) is 0. The molecule has 0 saturated heterocycles. The van der Waals surface area contributed by atoms with E-state index in [9.17, 15) is 13.2 Å². The zero-order chi connectivity index (χ0) is 15.5. The minimum atomic E-state index is -4.37. The third-order valence-electron chi connectivity index (χ3n) is 2.95. The van der Waals surface area contributed by atoms with Crippen LogP contribution in [-0.2, 0) is 12.6 Å². The Balaban J connectivity index is 2.22. The highest BCUT2D eigenvalue weighted by Crippen LogP contribution is 2.30. The maximum atomic E-state index is 12.7. The average Bonchev–Trinajstić information content (AvgIpc) is 2.46. The average molecular weight is 297 g/mol. The van der Waals surface area contributed by atoms with E-state index in [-0.39, 0.29) is 12.3 Å². The monoisotopic (exact) mass is 297 g/mol. The molecule has 1 aromatic heterocycles. The van der Waals surface area contributed by atoms with Gasteiger partial charge in [0.25, 0.3) is 0 Å². The van der Waals surface area contributed by atoms with Crippen LogP contribution >= 0.6 is 0 Å². The van der Waals surface area contributed by atoms with Gasteiger partial charge in [0, 0.05) is 12.4 Å². The van der Waals surface area contributed by atoms with E-state index in [2.05, 4.69) is 9.97 Å². The number of nitrogens with zero attached hydrogens (tertiary/aromatic N) is 2. The molecule has 0 aliphatic carbocycles. The Bertz CT molecular complexity index is 616. The van der Waals surface area contributed by atoms with E-state index in [1.807, 2.05) is 0 Å². The highest BCUT2D eigenvalue weighted by molar-refractivity contribution is 5.29. The van der Waals surface area contributed by atoms with Crippen molar-refractivity contribution in [3.8, 4) is 5.88 Å². The first-order chi connectivity index (χ1) is 9.91. The number of halogens is 3. The molecule has 2 aromatic rings. The first-order valence-corrected chi connectivity index (χ1v) is 6.18. The van der Waals surface area contributed by atoms with Crippen LogP contribution in [-0.4, -0.2) is 17.1 Å². The van der Waals surface area contributed by atoms with E-state index in [1.54, 1.807) is 6.07 Å². The molecule has 1 unspecified atom stereocenters. The smallest absolute Gasteiger partial charge is 0.416 e. The number of nitrogens with two attached hydrogens (primary N) is 1. The van der Waals surface area contributed by atoms with Gasteiger partial charge in [-0.05, 0) is 18.1 Å². The van der Waals surface area contributed by atoms with Gasteiger partial charge < -0.3 is 10.5 Å². The number of aromatic nitrogens is 2. The van der Waals surface area contributed by atoms with Gasteiger partial charge in [0.05, 0.1) is 18.7 Å². The molecule has 0 saturated carbocycles. The van der Waals surface area contributed by atoms with Crippen molar-refractivity contribution in [2.24, 2.45) is 5.73 Å². The predicted molar refractivity (Wildman–Crippen MR) is 70.7 cm³/mol. The summed E-state index contributed by atoms with van der Waals surface area (Å²) in [5.41, 5.74) is 6.19. The first-order valence-electron chi connectivity index (χ1n) is 6.18. The minimum Gasteiger partial charge on any atom is -0.480 e. The van der Waals surface area contributed by atoms with Crippen LogP contribution in [0.15, 0.2) is 36.7 Å². The van der Waals surface area contributed by atoms with Crippen LogP contribution < -0.4 is 10.5 Å². The molecule has 0 amide bonds. The fraction of sp³-hybridized carbons (Fsp3) is 0.286. The molecule has 0 aliphatic rings. The molecule has 1 atom stereocenters. The molecule has 0 spiro atoms. The van der Waals surface area contributed by atoms with Crippen LogP contribution in [0.1, 0.15) is 22.9 Å². The Morgan fingerprint density at radius 3 is 2.62 bits per heavy atom. The highest BCUT2D eigenvalue weighted by atomic mass is 19.4. The molecule has 1 aromatic carbocycles. The fourth-order valence-electron chi connectivity index (χ4n) is 1.97. The third kappa shape index (κ3) is 3.69. The largest absolute Gasteiger partial charge is 0.480 e. The van der Waals surface area contributed by atoms with Gasteiger partial charge in [0.15, 0.2) is 0 Å². The molecule has 7 heteroatoms. The summed E-state index contributed by atoms with van der Waals surface area (Å²) in [4.78, 5) is 8.05. The van der Waals surface area contributed by atoms with Crippen molar-refractivity contribution in [1.82, 2.24) is 9.97 Å². The maximum absolute atomic E-state index is 12.7. The lowest BCUT2D eigenvalue weighted by atomic mass is 10.0. The Morgan fingerprint density at radius 1 is 1.24 bits per heavy atom. The van der Waals surface area contributed by atoms with Gasteiger partial charge in [-0.25, -0.2) is 4.98 Å². The molecular weight excluding hydrogens is 283 g/mol. The van der Waals surface area contributed by atoms with Crippen LogP contribution in [0.5, 0.6) is 5.88 Å². The van der Waals surface area contributed by atoms with E-state index in [4.69, 9.17) is 10.5 Å². The van der Waals surface area contributed by atoms with Gasteiger partial charge in [0.1, 0.15) is 5.69 Å². The quantitative estimate of drug-likeness (QED) is 0.942. The third-order valence-corrected chi connectivity index (χ3v) is 2.95. The van der Waals surface area contributed by atoms with Gasteiger partial charge in [-0.15, -0.1) is 0 Å². The predicted octanol–water partition coefficient (Wildman–Crippen LogP) is 2.75. The summed E-state index contributed by atoms with van der Waals surface area (Å²) in [6.07, 6.45) is -1.24. The lowest BCUT2D eigenvalue weighted by molar-refractivity contribution is -0.137. The van der Waals surface area contributed by atoms with Crippen molar-refractivity contribution in [1.29, 1.82) is 0 Å². The first kappa shape index (κ1) is 15.2. The van der Waals surface area contributed by atoms with E-state index in [1.165, 1.54) is 25.6 Å². The second kappa shape index (κ2) is 6.09. The molecule has 0 radical (unpaired) electrons. The number of hydrogen-bond acceptors (Lipinski definition) is 4. The Kier molecular flexibility index (Phi) is 4.42. The molecule has 0 aliphatic heterocycles. The van der Waals surface area contributed by atoms with Gasteiger partial charge in [-0.1, -0.05) is 18.2 Å². The number of ether oxygens (including phenoxy) is 1. The van der Waals surface area contributed by atoms with Crippen molar-refractivity contribution in [3.05, 3.63) is 53.5 Å². The summed E-state index contributed by atoms with van der Waals surface area (Å²) in [6, 6.07) is 4.47. The number of methoxy groups -OCH3 is 1. The lowest BCUT2D eigenvalue weighted by Gasteiger charge is -2.14. The fourth-order valence-corrected chi connectivity index (χ4v) is 1.97. The zero-order valence-electron chi connectivity index (χ0n) is 11.3. The molecule has 1 heterocycles. The zero-order valence-corrected chi connectivity index (χ0v) is 11.3. The number of hydrogen-bond donors (Lipinski definition) is 1. The molecule has 0 bridgehead atoms. The second-order valence-corrected chi connectivity index (χ2v) is 4.46. The normalized spacial score (nSPS) is 13.0. The lowest BCUT2D eigenvalue weighted by Crippen LogP contribution is -2.17. The summed E-state index contributed by atoms with van der Waals surface area (Å²) < 4.78 is 43.1. The van der Waals surface area contributed by atoms with Gasteiger partial charge in [0.2, 0.25) is 5.88 Å².